The molecule has 1 saturated carbocycles. The van der Waals surface area contributed by atoms with Crippen molar-refractivity contribution in [3.05, 3.63) is 72.8 Å². The summed E-state index contributed by atoms with van der Waals surface area (Å²) in [5.74, 6) is -0.0952. The molecule has 2 aliphatic carbocycles. The number of allylic oxidation sites excluding steroid dienone is 2. The smallest absolute Gasteiger partial charge is 0.310 e. The lowest BCUT2D eigenvalue weighted by atomic mass is 9.76. The highest BCUT2D eigenvalue weighted by Gasteiger charge is 2.51. The van der Waals surface area contributed by atoms with E-state index in [2.05, 4.69) is 81.4 Å². The van der Waals surface area contributed by atoms with Crippen LogP contribution in [0.1, 0.15) is 72.1 Å². The van der Waals surface area contributed by atoms with Gasteiger partial charge in [0.25, 0.3) is 8.32 Å². The highest BCUT2D eigenvalue weighted by Crippen LogP contribution is 2.43. The average molecular weight is 477 g/mol. The fraction of sp³-hybridized carbons (Fsp3) is 0.500. The van der Waals surface area contributed by atoms with E-state index in [0.717, 1.165) is 32.1 Å². The molecular weight excluding hydrogens is 436 g/mol. The highest BCUT2D eigenvalue weighted by molar-refractivity contribution is 6.99. The molecule has 0 aromatic heterocycles. The highest BCUT2D eigenvalue weighted by atomic mass is 28.4. The number of hydrogen-bond donors (Lipinski definition) is 1. The predicted octanol–water partition coefficient (Wildman–Crippen LogP) is 6.32. The Balaban J connectivity index is 1.58. The third kappa shape index (κ3) is 4.94. The van der Waals surface area contributed by atoms with Gasteiger partial charge in [-0.05, 0) is 59.9 Å². The van der Waals surface area contributed by atoms with E-state index in [0.29, 0.717) is 18.8 Å². The monoisotopic (exact) mass is 476 g/mol. The number of hydrogen-bond acceptors (Lipinski definition) is 2. The van der Waals surface area contributed by atoms with Gasteiger partial charge in [-0.2, -0.15) is 0 Å². The Morgan fingerprint density at radius 1 is 0.971 bits per heavy atom. The van der Waals surface area contributed by atoms with Gasteiger partial charge in [0.05, 0.1) is 5.41 Å². The van der Waals surface area contributed by atoms with E-state index in [4.69, 9.17) is 4.43 Å². The molecule has 0 unspecified atom stereocenters. The molecule has 3 nitrogen and oxygen atoms in total. The minimum absolute atomic E-state index is 0.0223. The Morgan fingerprint density at radius 3 is 2.03 bits per heavy atom. The quantitative estimate of drug-likeness (QED) is 0.358. The van der Waals surface area contributed by atoms with Gasteiger partial charge in [-0.3, -0.25) is 4.79 Å². The summed E-state index contributed by atoms with van der Waals surface area (Å²) in [6, 6.07) is 21.8. The van der Waals surface area contributed by atoms with Crippen molar-refractivity contribution in [3.63, 3.8) is 0 Å². The van der Waals surface area contributed by atoms with E-state index in [1.807, 2.05) is 12.2 Å². The van der Waals surface area contributed by atoms with E-state index in [9.17, 15) is 9.90 Å². The zero-order valence-corrected chi connectivity index (χ0v) is 22.0. The lowest BCUT2D eigenvalue weighted by molar-refractivity contribution is -0.149. The molecule has 0 amide bonds. The molecule has 2 aliphatic rings. The molecular formula is C30H40O3Si. The Morgan fingerprint density at radius 2 is 1.53 bits per heavy atom. The maximum Gasteiger partial charge on any atom is 0.310 e. The van der Waals surface area contributed by atoms with Crippen LogP contribution >= 0.6 is 0 Å². The predicted molar refractivity (Wildman–Crippen MR) is 142 cm³/mol. The molecule has 1 fully saturated rings. The third-order valence-corrected chi connectivity index (χ3v) is 13.3. The molecule has 34 heavy (non-hydrogen) atoms. The first-order valence-electron chi connectivity index (χ1n) is 12.9. The van der Waals surface area contributed by atoms with Crippen molar-refractivity contribution >= 4 is 24.7 Å². The molecule has 0 radical (unpaired) electrons. The fourth-order valence-corrected chi connectivity index (χ4v) is 10.9. The van der Waals surface area contributed by atoms with Crippen molar-refractivity contribution in [2.24, 2.45) is 11.3 Å². The van der Waals surface area contributed by atoms with Gasteiger partial charge < -0.3 is 9.53 Å². The minimum atomic E-state index is -2.55. The van der Waals surface area contributed by atoms with Crippen LogP contribution in [0.25, 0.3) is 0 Å². The molecule has 0 spiro atoms. The van der Waals surface area contributed by atoms with Crippen LogP contribution in [0, 0.1) is 11.3 Å². The molecule has 2 aromatic carbocycles. The summed E-state index contributed by atoms with van der Waals surface area (Å²) < 4.78 is 7.40. The number of benzene rings is 2. The lowest BCUT2D eigenvalue weighted by Gasteiger charge is -2.46. The normalized spacial score (nSPS) is 22.6. The summed E-state index contributed by atoms with van der Waals surface area (Å²) in [5, 5.41) is 12.5. The van der Waals surface area contributed by atoms with E-state index < -0.39 is 19.7 Å². The van der Waals surface area contributed by atoms with Gasteiger partial charge in [-0.1, -0.05) is 106 Å². The van der Waals surface area contributed by atoms with E-state index in [1.54, 1.807) is 0 Å². The Bertz CT molecular complexity index is 930. The zero-order valence-electron chi connectivity index (χ0n) is 21.0. The Labute approximate surface area is 206 Å². The van der Waals surface area contributed by atoms with Crippen molar-refractivity contribution in [2.75, 3.05) is 0 Å². The van der Waals surface area contributed by atoms with E-state index in [1.165, 1.54) is 16.8 Å². The van der Waals surface area contributed by atoms with Crippen LogP contribution in [-0.4, -0.2) is 25.5 Å². The lowest BCUT2D eigenvalue weighted by Crippen LogP contribution is -2.67. The Kier molecular flexibility index (Phi) is 7.49. The molecule has 182 valence electrons. The number of aliphatic carboxylic acids is 1. The van der Waals surface area contributed by atoms with Gasteiger partial charge in [0.15, 0.2) is 0 Å². The average Bonchev–Trinajstić information content (AvgIpc) is 3.32. The molecule has 4 heteroatoms. The van der Waals surface area contributed by atoms with E-state index >= 15 is 0 Å². The van der Waals surface area contributed by atoms with Crippen molar-refractivity contribution in [1.82, 2.24) is 0 Å². The van der Waals surface area contributed by atoms with Crippen molar-refractivity contribution in [3.8, 4) is 0 Å². The van der Waals surface area contributed by atoms with Crippen LogP contribution in [0.15, 0.2) is 72.8 Å². The summed E-state index contributed by atoms with van der Waals surface area (Å²) in [5.41, 5.74) is -0.578. The van der Waals surface area contributed by atoms with Gasteiger partial charge in [0.2, 0.25) is 0 Å². The first-order valence-corrected chi connectivity index (χ1v) is 14.8. The van der Waals surface area contributed by atoms with Crippen LogP contribution in [0.4, 0.5) is 0 Å². The Hall–Kier alpha value is -2.17. The number of rotatable bonds is 8. The topological polar surface area (TPSA) is 46.5 Å². The van der Waals surface area contributed by atoms with Crippen LogP contribution in [0.2, 0.25) is 5.04 Å². The maximum absolute atomic E-state index is 12.0. The molecule has 2 aromatic rings. The third-order valence-electron chi connectivity index (χ3n) is 8.16. The van der Waals surface area contributed by atoms with Crippen LogP contribution < -0.4 is 10.4 Å². The molecule has 0 heterocycles. The van der Waals surface area contributed by atoms with E-state index in [-0.39, 0.29) is 11.1 Å². The summed E-state index contributed by atoms with van der Waals surface area (Å²) in [4.78, 5) is 12.0. The number of carboxylic acid groups (broad SMARTS) is 1. The summed E-state index contributed by atoms with van der Waals surface area (Å²) in [6.07, 6.45) is 11.9. The van der Waals surface area contributed by atoms with Crippen LogP contribution in [0.5, 0.6) is 0 Å². The second-order valence-electron chi connectivity index (χ2n) is 11.4. The zero-order chi connectivity index (χ0) is 24.2. The molecule has 2 atom stereocenters. The summed E-state index contributed by atoms with van der Waals surface area (Å²) in [7, 11) is -2.55. The maximum atomic E-state index is 12.0. The van der Waals surface area contributed by atoms with Gasteiger partial charge in [-0.15, -0.1) is 0 Å². The minimum Gasteiger partial charge on any atom is -0.481 e. The molecule has 4 rings (SSSR count). The summed E-state index contributed by atoms with van der Waals surface area (Å²) >= 11 is 0. The molecule has 0 aliphatic heterocycles. The van der Waals surface area contributed by atoms with Crippen LogP contribution in [-0.2, 0) is 9.22 Å². The standard InChI is InChI=1S/C30H40O3Si/c1-29(2,3)34(26-15-6-4-7-16-26,27-17-8-5-9-18-27)33-25-14-12-13-24(23-25)19-22-30(28(31)32)20-10-11-21-30/h4-11,15-18,24-25H,12-14,19-23H2,1-3H3,(H,31,32)/t24-,25-/m0/s1. The number of carbonyl (C=O) groups is 1. The van der Waals surface area contributed by atoms with Gasteiger partial charge >= 0.3 is 5.97 Å². The summed E-state index contributed by atoms with van der Waals surface area (Å²) in [6.45, 7) is 7.01. The first kappa shape index (κ1) is 24.9. The molecule has 0 bridgehead atoms. The van der Waals surface area contributed by atoms with Crippen LogP contribution in [0.3, 0.4) is 0 Å². The SMILES string of the molecule is CC(C)(C)[Si](O[C@H]1CCC[C@@H](CCC2(C(=O)O)CC=CC2)C1)(c1ccccc1)c1ccccc1. The molecule has 1 N–H and O–H groups in total. The van der Waals surface area contributed by atoms with Gasteiger partial charge in [0, 0.05) is 6.10 Å². The molecule has 0 saturated heterocycles. The first-order chi connectivity index (χ1) is 16.3. The van der Waals surface area contributed by atoms with Gasteiger partial charge in [0.1, 0.15) is 0 Å². The largest absolute Gasteiger partial charge is 0.481 e. The van der Waals surface area contributed by atoms with Crippen molar-refractivity contribution in [1.29, 1.82) is 0 Å². The second kappa shape index (κ2) is 10.2. The number of carboxylic acids is 1. The van der Waals surface area contributed by atoms with Crippen molar-refractivity contribution < 1.29 is 14.3 Å². The van der Waals surface area contributed by atoms with Crippen molar-refractivity contribution in [2.45, 2.75) is 83.3 Å². The second-order valence-corrected chi connectivity index (χ2v) is 15.7. The van der Waals surface area contributed by atoms with Gasteiger partial charge in [-0.25, -0.2) is 0 Å². The fourth-order valence-electron chi connectivity index (χ4n) is 6.22.